The van der Waals surface area contributed by atoms with Gasteiger partial charge in [0.15, 0.2) is 0 Å². The molecule has 0 radical (unpaired) electrons. The summed E-state index contributed by atoms with van der Waals surface area (Å²) in [6.45, 7) is 5.47. The highest BCUT2D eigenvalue weighted by Crippen LogP contribution is 2.23. The lowest BCUT2D eigenvalue weighted by molar-refractivity contribution is -0.198. The number of hydroxylamine groups is 2. The fourth-order valence-corrected chi connectivity index (χ4v) is 5.31. The van der Waals surface area contributed by atoms with Gasteiger partial charge in [-0.1, -0.05) is 147 Å². The van der Waals surface area contributed by atoms with Gasteiger partial charge in [0.05, 0.1) is 0 Å². The molecule has 0 aromatic carbocycles. The van der Waals surface area contributed by atoms with Crippen LogP contribution in [0.25, 0.3) is 0 Å². The molecule has 0 N–H and O–H groups in total. The Morgan fingerprint density at radius 3 is 1.07 bits per heavy atom. The predicted octanol–water partition coefficient (Wildman–Crippen LogP) is 8.06. The minimum absolute atomic E-state index is 0.0853. The van der Waals surface area contributed by atoms with Crippen molar-refractivity contribution in [2.24, 2.45) is 0 Å². The minimum Gasteiger partial charge on any atom is -0.447 e. The molecule has 1 aliphatic heterocycles. The number of nitrogens with zero attached hydrogens (tertiary/aromatic N) is 1. The van der Waals surface area contributed by atoms with E-state index in [1.165, 1.54) is 89.9 Å². The Labute approximate surface area is 260 Å². The lowest BCUT2D eigenvalue weighted by Crippen LogP contribution is -2.37. The van der Waals surface area contributed by atoms with E-state index in [4.69, 9.17) is 14.3 Å². The number of carbonyl (C=O) groups is 5. The van der Waals surface area contributed by atoms with Crippen molar-refractivity contribution in [3.63, 3.8) is 0 Å². The zero-order chi connectivity index (χ0) is 31.7. The molecule has 9 nitrogen and oxygen atoms in total. The quantitative estimate of drug-likeness (QED) is 0.0521. The Balaban J connectivity index is 2.38. The molecule has 1 heterocycles. The Morgan fingerprint density at radius 2 is 0.791 bits per heavy atom. The van der Waals surface area contributed by atoms with E-state index in [-0.39, 0.29) is 17.9 Å². The number of rotatable bonds is 27. The fourth-order valence-electron chi connectivity index (χ4n) is 5.31. The molecule has 1 saturated heterocycles. The van der Waals surface area contributed by atoms with Gasteiger partial charge in [-0.15, -0.1) is 0 Å². The van der Waals surface area contributed by atoms with Gasteiger partial charge < -0.3 is 14.3 Å². The first-order chi connectivity index (χ1) is 20.8. The largest absolute Gasteiger partial charge is 0.447 e. The second kappa shape index (κ2) is 24.9. The first kappa shape index (κ1) is 38.6. The Hall–Kier alpha value is -2.45. The zero-order valence-corrected chi connectivity index (χ0v) is 27.3. The lowest BCUT2D eigenvalue weighted by Gasteiger charge is -2.16. The summed E-state index contributed by atoms with van der Waals surface area (Å²) in [6, 6.07) is 0. The molecule has 9 heteroatoms. The van der Waals surface area contributed by atoms with Crippen LogP contribution < -0.4 is 0 Å². The van der Waals surface area contributed by atoms with Crippen molar-refractivity contribution in [2.75, 3.05) is 0 Å². The van der Waals surface area contributed by atoms with Gasteiger partial charge in [0.25, 0.3) is 0 Å². The Kier molecular flexibility index (Phi) is 22.4. The third-order valence-electron chi connectivity index (χ3n) is 7.87. The van der Waals surface area contributed by atoms with Crippen molar-refractivity contribution in [3.8, 4) is 0 Å². The highest BCUT2D eigenvalue weighted by atomic mass is 16.7. The van der Waals surface area contributed by atoms with E-state index in [9.17, 15) is 24.0 Å². The molecular formula is C34H59NO8. The van der Waals surface area contributed by atoms with Crippen LogP contribution in [0.4, 0.5) is 0 Å². The average Bonchev–Trinajstić information content (AvgIpc) is 3.17. The second-order valence-electron chi connectivity index (χ2n) is 11.9. The SMILES string of the molecule is CCCCCCCCCCCCCC(=O)OC1C(=O)N(OC(C)=O)C(=O)C1OC(=O)CCCCCCCCCCCCC. The van der Waals surface area contributed by atoms with Crippen molar-refractivity contribution >= 4 is 29.7 Å². The molecule has 0 spiro atoms. The van der Waals surface area contributed by atoms with Crippen molar-refractivity contribution in [3.05, 3.63) is 0 Å². The lowest BCUT2D eigenvalue weighted by atomic mass is 10.1. The number of unbranched alkanes of at least 4 members (excludes halogenated alkanes) is 20. The van der Waals surface area contributed by atoms with E-state index < -0.39 is 41.9 Å². The monoisotopic (exact) mass is 609 g/mol. The van der Waals surface area contributed by atoms with E-state index >= 15 is 0 Å². The van der Waals surface area contributed by atoms with Crippen LogP contribution in [0.3, 0.4) is 0 Å². The van der Waals surface area contributed by atoms with E-state index in [1.54, 1.807) is 0 Å². The Morgan fingerprint density at radius 1 is 0.512 bits per heavy atom. The number of hydrogen-bond donors (Lipinski definition) is 0. The number of amides is 2. The van der Waals surface area contributed by atoms with Gasteiger partial charge in [0.1, 0.15) is 0 Å². The summed E-state index contributed by atoms with van der Waals surface area (Å²) in [6.07, 6.45) is 21.8. The molecule has 0 bridgehead atoms. The second-order valence-corrected chi connectivity index (χ2v) is 11.9. The molecular weight excluding hydrogens is 550 g/mol. The molecule has 43 heavy (non-hydrogen) atoms. The van der Waals surface area contributed by atoms with Gasteiger partial charge in [0.2, 0.25) is 12.2 Å². The summed E-state index contributed by atoms with van der Waals surface area (Å²) in [7, 11) is 0. The fraction of sp³-hybridized carbons (Fsp3) is 0.853. The molecule has 1 fully saturated rings. The van der Waals surface area contributed by atoms with Crippen LogP contribution in [0.2, 0.25) is 0 Å². The highest BCUT2D eigenvalue weighted by Gasteiger charge is 2.55. The van der Waals surface area contributed by atoms with Crippen LogP contribution >= 0.6 is 0 Å². The maximum absolute atomic E-state index is 12.8. The van der Waals surface area contributed by atoms with Crippen molar-refractivity contribution < 1.29 is 38.3 Å². The summed E-state index contributed by atoms with van der Waals surface area (Å²) in [4.78, 5) is 66.7. The van der Waals surface area contributed by atoms with Crippen LogP contribution in [0.5, 0.6) is 0 Å². The molecule has 1 rings (SSSR count). The van der Waals surface area contributed by atoms with E-state index in [0.717, 1.165) is 45.4 Å². The normalized spacial score (nSPS) is 16.5. The summed E-state index contributed by atoms with van der Waals surface area (Å²) in [5.41, 5.74) is 0. The number of esters is 2. The maximum Gasteiger partial charge on any atom is 0.330 e. The number of carbonyl (C=O) groups excluding carboxylic acids is 5. The summed E-state index contributed by atoms with van der Waals surface area (Å²) < 4.78 is 10.6. The number of hydrogen-bond acceptors (Lipinski definition) is 8. The Bertz CT molecular complexity index is 756. The molecule has 0 aliphatic carbocycles. The summed E-state index contributed by atoms with van der Waals surface area (Å²) in [5, 5.41) is 0.239. The topological polar surface area (TPSA) is 116 Å². The van der Waals surface area contributed by atoms with Crippen LogP contribution in [0.1, 0.15) is 175 Å². The molecule has 0 aromatic rings. The van der Waals surface area contributed by atoms with Gasteiger partial charge >= 0.3 is 29.7 Å². The van der Waals surface area contributed by atoms with Gasteiger partial charge in [0, 0.05) is 19.8 Å². The molecule has 1 aliphatic rings. The molecule has 248 valence electrons. The van der Waals surface area contributed by atoms with Gasteiger partial charge in [-0.2, -0.15) is 0 Å². The van der Waals surface area contributed by atoms with Gasteiger partial charge in [-0.05, 0) is 12.8 Å². The summed E-state index contributed by atoms with van der Waals surface area (Å²) >= 11 is 0. The van der Waals surface area contributed by atoms with Crippen molar-refractivity contribution in [1.29, 1.82) is 0 Å². The van der Waals surface area contributed by atoms with Crippen molar-refractivity contribution in [2.45, 2.75) is 187 Å². The smallest absolute Gasteiger partial charge is 0.330 e. The zero-order valence-electron chi connectivity index (χ0n) is 27.3. The van der Waals surface area contributed by atoms with E-state index in [2.05, 4.69) is 13.8 Å². The van der Waals surface area contributed by atoms with E-state index in [0.29, 0.717) is 12.8 Å². The average molecular weight is 610 g/mol. The van der Waals surface area contributed by atoms with Crippen LogP contribution in [-0.4, -0.2) is 47.0 Å². The molecule has 0 aromatic heterocycles. The van der Waals surface area contributed by atoms with Crippen LogP contribution in [0.15, 0.2) is 0 Å². The standard InChI is InChI=1S/C34H59NO8/c1-4-6-8-10-12-14-16-18-20-22-24-26-29(37)41-31-32(34(40)35(33(31)39)43-28(3)36)42-30(38)27-25-23-21-19-17-15-13-11-9-7-5-2/h31-32H,4-27H2,1-3H3. The van der Waals surface area contributed by atoms with Crippen LogP contribution in [0, 0.1) is 0 Å². The third-order valence-corrected chi connectivity index (χ3v) is 7.87. The number of imide groups is 1. The van der Waals surface area contributed by atoms with Crippen LogP contribution in [-0.2, 0) is 38.3 Å². The first-order valence-electron chi connectivity index (χ1n) is 17.3. The van der Waals surface area contributed by atoms with Crippen molar-refractivity contribution in [1.82, 2.24) is 5.06 Å². The van der Waals surface area contributed by atoms with Gasteiger partial charge in [-0.3, -0.25) is 19.2 Å². The molecule has 2 amide bonds. The molecule has 2 atom stereocenters. The maximum atomic E-state index is 12.8. The molecule has 2 unspecified atom stereocenters. The highest BCUT2D eigenvalue weighted by molar-refractivity contribution is 6.08. The minimum atomic E-state index is -1.66. The summed E-state index contributed by atoms with van der Waals surface area (Å²) in [5.74, 6) is -4.25. The van der Waals surface area contributed by atoms with E-state index in [1.807, 2.05) is 0 Å². The molecule has 0 saturated carbocycles. The third kappa shape index (κ3) is 18.1. The predicted molar refractivity (Wildman–Crippen MR) is 166 cm³/mol. The van der Waals surface area contributed by atoms with Gasteiger partial charge in [-0.25, -0.2) is 4.79 Å². The first-order valence-corrected chi connectivity index (χ1v) is 17.3. The number of ether oxygens (including phenoxy) is 2.